The highest BCUT2D eigenvalue weighted by molar-refractivity contribution is 6.34. The molecule has 1 heterocycles. The first kappa shape index (κ1) is 18.8. The Balaban J connectivity index is 1.88. The second-order valence-electron chi connectivity index (χ2n) is 5.70. The number of hydrogen-bond donors (Lipinski definition) is 2. The third-order valence-electron chi connectivity index (χ3n) is 3.82. The second kappa shape index (κ2) is 6.96. The number of aromatic nitrogens is 2. The molecule has 2 aromatic carbocycles. The Kier molecular flexibility index (Phi) is 4.84. The van der Waals surface area contributed by atoms with Crippen molar-refractivity contribution in [1.82, 2.24) is 9.78 Å². The van der Waals surface area contributed by atoms with Crippen LogP contribution in [0.5, 0.6) is 5.75 Å². The fraction of sp³-hybridized carbons (Fsp3) is 0.111. The smallest absolute Gasteiger partial charge is 0.435 e. The van der Waals surface area contributed by atoms with Gasteiger partial charge in [0, 0.05) is 24.4 Å². The van der Waals surface area contributed by atoms with E-state index in [4.69, 9.17) is 11.6 Å². The lowest BCUT2D eigenvalue weighted by Gasteiger charge is -2.10. The fourth-order valence-electron chi connectivity index (χ4n) is 2.53. The molecule has 0 aliphatic carbocycles. The van der Waals surface area contributed by atoms with Crippen molar-refractivity contribution < 1.29 is 23.1 Å². The van der Waals surface area contributed by atoms with Gasteiger partial charge in [-0.2, -0.15) is 18.3 Å². The Bertz CT molecular complexity index is 1020. The zero-order chi connectivity index (χ0) is 19.8. The molecule has 3 rings (SSSR count). The van der Waals surface area contributed by atoms with Crippen molar-refractivity contribution in [3.63, 3.8) is 0 Å². The molecule has 0 atom stereocenters. The van der Waals surface area contributed by atoms with Crippen LogP contribution in [0.15, 0.2) is 48.5 Å². The molecule has 0 aliphatic heterocycles. The predicted molar refractivity (Wildman–Crippen MR) is 94.7 cm³/mol. The lowest BCUT2D eigenvalue weighted by molar-refractivity contribution is -0.141. The van der Waals surface area contributed by atoms with Gasteiger partial charge in [0.1, 0.15) is 5.75 Å². The van der Waals surface area contributed by atoms with Crippen molar-refractivity contribution >= 4 is 23.2 Å². The van der Waals surface area contributed by atoms with E-state index < -0.39 is 17.8 Å². The molecule has 5 nitrogen and oxygen atoms in total. The fourth-order valence-corrected chi connectivity index (χ4v) is 2.75. The molecule has 9 heteroatoms. The van der Waals surface area contributed by atoms with Crippen molar-refractivity contribution in [3.05, 3.63) is 64.8 Å². The van der Waals surface area contributed by atoms with E-state index in [1.165, 1.54) is 25.2 Å². The molecule has 140 valence electrons. The van der Waals surface area contributed by atoms with Gasteiger partial charge in [0.25, 0.3) is 5.91 Å². The minimum atomic E-state index is -4.59. The highest BCUT2D eigenvalue weighted by Crippen LogP contribution is 2.35. The van der Waals surface area contributed by atoms with Gasteiger partial charge in [-0.25, -0.2) is 0 Å². The number of alkyl halides is 3. The van der Waals surface area contributed by atoms with Gasteiger partial charge in [-0.1, -0.05) is 23.7 Å². The Morgan fingerprint density at radius 3 is 2.48 bits per heavy atom. The van der Waals surface area contributed by atoms with Gasteiger partial charge in [0.15, 0.2) is 5.69 Å². The Morgan fingerprint density at radius 1 is 1.19 bits per heavy atom. The lowest BCUT2D eigenvalue weighted by atomic mass is 10.1. The molecule has 0 aliphatic rings. The van der Waals surface area contributed by atoms with Crippen LogP contribution in [0.25, 0.3) is 11.3 Å². The van der Waals surface area contributed by atoms with Gasteiger partial charge in [-0.15, -0.1) is 0 Å². The molecular weight excluding hydrogens is 383 g/mol. The summed E-state index contributed by atoms with van der Waals surface area (Å²) < 4.78 is 39.4. The number of hydrogen-bond acceptors (Lipinski definition) is 3. The van der Waals surface area contributed by atoms with Crippen LogP contribution >= 0.6 is 11.6 Å². The maximum atomic E-state index is 12.8. The van der Waals surface area contributed by atoms with E-state index in [9.17, 15) is 23.1 Å². The van der Waals surface area contributed by atoms with Crippen LogP contribution < -0.4 is 5.32 Å². The van der Waals surface area contributed by atoms with Crippen LogP contribution in [-0.4, -0.2) is 20.8 Å². The summed E-state index contributed by atoms with van der Waals surface area (Å²) in [6.07, 6.45) is -4.59. The molecule has 2 N–H and O–H groups in total. The van der Waals surface area contributed by atoms with E-state index in [1.807, 2.05) is 0 Å². The second-order valence-corrected chi connectivity index (χ2v) is 6.11. The zero-order valence-corrected chi connectivity index (χ0v) is 14.6. The van der Waals surface area contributed by atoms with Crippen molar-refractivity contribution in [2.75, 3.05) is 5.32 Å². The number of anilines is 1. The summed E-state index contributed by atoms with van der Waals surface area (Å²) in [7, 11) is 1.34. The number of amides is 1. The molecule has 27 heavy (non-hydrogen) atoms. The van der Waals surface area contributed by atoms with E-state index >= 15 is 0 Å². The van der Waals surface area contributed by atoms with Gasteiger partial charge in [0.2, 0.25) is 0 Å². The standard InChI is InChI=1S/C18H13ClF3N3O2/c1-25-14(9-16(24-25)18(20,21)22)12-7-6-10(8-15(12)26)23-17(27)11-4-2-3-5-13(11)19/h2-9,26H,1H3,(H,23,27). The third kappa shape index (κ3) is 3.90. The van der Waals surface area contributed by atoms with Crippen LogP contribution in [0, 0.1) is 0 Å². The number of phenolic OH excluding ortho intramolecular Hbond substituents is 1. The van der Waals surface area contributed by atoms with Crippen LogP contribution in [0.3, 0.4) is 0 Å². The number of phenols is 1. The van der Waals surface area contributed by atoms with Crippen LogP contribution in [-0.2, 0) is 13.2 Å². The number of rotatable bonds is 3. The molecule has 0 saturated carbocycles. The molecular formula is C18H13ClF3N3O2. The van der Waals surface area contributed by atoms with E-state index in [2.05, 4.69) is 10.4 Å². The quantitative estimate of drug-likeness (QED) is 0.674. The number of carbonyl (C=O) groups is 1. The number of benzene rings is 2. The first-order chi connectivity index (χ1) is 12.7. The monoisotopic (exact) mass is 395 g/mol. The first-order valence-corrected chi connectivity index (χ1v) is 8.05. The summed E-state index contributed by atoms with van der Waals surface area (Å²) in [4.78, 5) is 12.3. The van der Waals surface area contributed by atoms with Gasteiger partial charge < -0.3 is 10.4 Å². The zero-order valence-electron chi connectivity index (χ0n) is 13.9. The molecule has 3 aromatic rings. The van der Waals surface area contributed by atoms with Crippen molar-refractivity contribution in [1.29, 1.82) is 0 Å². The minimum Gasteiger partial charge on any atom is -0.507 e. The Labute approximate surface area is 157 Å². The Hall–Kier alpha value is -3.00. The molecule has 0 unspecified atom stereocenters. The molecule has 0 saturated heterocycles. The summed E-state index contributed by atoms with van der Waals surface area (Å²) in [6.45, 7) is 0. The SMILES string of the molecule is Cn1nc(C(F)(F)F)cc1-c1ccc(NC(=O)c2ccccc2Cl)cc1O. The van der Waals surface area contributed by atoms with Crippen LogP contribution in [0.4, 0.5) is 18.9 Å². The summed E-state index contributed by atoms with van der Waals surface area (Å²) in [5.74, 6) is -0.781. The Morgan fingerprint density at radius 2 is 1.89 bits per heavy atom. The summed E-state index contributed by atoms with van der Waals surface area (Å²) in [5, 5.41) is 16.5. The topological polar surface area (TPSA) is 67.2 Å². The van der Waals surface area contributed by atoms with Crippen molar-refractivity contribution in [3.8, 4) is 17.0 Å². The number of halogens is 4. The molecule has 0 bridgehead atoms. The predicted octanol–water partition coefficient (Wildman–Crippen LogP) is 4.72. The molecule has 0 fully saturated rings. The number of aryl methyl sites for hydroxylation is 1. The number of nitrogens with zero attached hydrogens (tertiary/aromatic N) is 2. The summed E-state index contributed by atoms with van der Waals surface area (Å²) >= 11 is 5.97. The summed E-state index contributed by atoms with van der Waals surface area (Å²) in [5.41, 5.74) is -0.306. The number of nitrogens with one attached hydrogen (secondary N) is 1. The lowest BCUT2D eigenvalue weighted by Crippen LogP contribution is -2.12. The van der Waals surface area contributed by atoms with Crippen LogP contribution in [0.2, 0.25) is 5.02 Å². The molecule has 0 radical (unpaired) electrons. The van der Waals surface area contributed by atoms with E-state index in [1.54, 1.807) is 24.3 Å². The average Bonchev–Trinajstić information content (AvgIpc) is 2.97. The van der Waals surface area contributed by atoms with Gasteiger partial charge in [0.05, 0.1) is 16.3 Å². The van der Waals surface area contributed by atoms with Gasteiger partial charge >= 0.3 is 6.18 Å². The van der Waals surface area contributed by atoms with Crippen LogP contribution in [0.1, 0.15) is 16.1 Å². The summed E-state index contributed by atoms with van der Waals surface area (Å²) in [6, 6.07) is 11.4. The maximum absolute atomic E-state index is 12.8. The van der Waals surface area contributed by atoms with E-state index in [0.717, 1.165) is 10.7 Å². The number of carbonyl (C=O) groups excluding carboxylic acids is 1. The molecule has 0 spiro atoms. The average molecular weight is 396 g/mol. The van der Waals surface area contributed by atoms with E-state index in [0.29, 0.717) is 0 Å². The van der Waals surface area contributed by atoms with Gasteiger partial charge in [-0.05, 0) is 30.3 Å². The molecule has 1 amide bonds. The largest absolute Gasteiger partial charge is 0.507 e. The molecule has 1 aromatic heterocycles. The van der Waals surface area contributed by atoms with Gasteiger partial charge in [-0.3, -0.25) is 9.48 Å². The third-order valence-corrected chi connectivity index (χ3v) is 4.15. The highest BCUT2D eigenvalue weighted by atomic mass is 35.5. The highest BCUT2D eigenvalue weighted by Gasteiger charge is 2.35. The van der Waals surface area contributed by atoms with Crippen molar-refractivity contribution in [2.45, 2.75) is 6.18 Å². The van der Waals surface area contributed by atoms with E-state index in [-0.39, 0.29) is 33.3 Å². The minimum absolute atomic E-state index is 0.0869. The number of aromatic hydroxyl groups is 1. The first-order valence-electron chi connectivity index (χ1n) is 7.67. The maximum Gasteiger partial charge on any atom is 0.435 e. The van der Waals surface area contributed by atoms with Crippen molar-refractivity contribution in [2.24, 2.45) is 7.05 Å². The normalized spacial score (nSPS) is 11.4.